The number of carbonyl (C=O) groups excluding carboxylic acids is 1. The predicted octanol–water partition coefficient (Wildman–Crippen LogP) is 1.45. The van der Waals surface area contributed by atoms with Crippen molar-refractivity contribution in [3.8, 4) is 5.75 Å². The lowest BCUT2D eigenvalue weighted by molar-refractivity contribution is -0.133. The van der Waals surface area contributed by atoms with Crippen LogP contribution in [0.1, 0.15) is 6.42 Å². The summed E-state index contributed by atoms with van der Waals surface area (Å²) in [5.41, 5.74) is 0. The van der Waals surface area contributed by atoms with Crippen LogP contribution in [0.15, 0.2) is 24.3 Å². The molecule has 1 aromatic carbocycles. The molecule has 19 heavy (non-hydrogen) atoms. The molecule has 1 atom stereocenters. The molecule has 0 aliphatic carbocycles. The number of nitrogens with one attached hydrogen (secondary N) is 1. The number of amides is 1. The van der Waals surface area contributed by atoms with Crippen LogP contribution in [0, 0.1) is 5.82 Å². The maximum Gasteiger partial charge on any atom is 0.260 e. The number of nitrogens with zero attached hydrogens (tertiary/aromatic N) is 1. The van der Waals surface area contributed by atoms with Gasteiger partial charge < -0.3 is 15.0 Å². The van der Waals surface area contributed by atoms with Crippen LogP contribution in [0.4, 0.5) is 4.39 Å². The molecule has 1 aliphatic heterocycles. The molecule has 1 heterocycles. The molecule has 6 heteroatoms. The van der Waals surface area contributed by atoms with Gasteiger partial charge in [-0.3, -0.25) is 4.79 Å². The van der Waals surface area contributed by atoms with Crippen molar-refractivity contribution in [2.75, 3.05) is 26.7 Å². The van der Waals surface area contributed by atoms with Gasteiger partial charge >= 0.3 is 0 Å². The average Bonchev–Trinajstić information content (AvgIpc) is 2.90. The molecular weight excluding hydrogens is 271 g/mol. The number of hydrogen-bond acceptors (Lipinski definition) is 3. The van der Waals surface area contributed by atoms with Crippen molar-refractivity contribution >= 4 is 18.3 Å². The van der Waals surface area contributed by atoms with Gasteiger partial charge in [0.05, 0.1) is 0 Å². The van der Waals surface area contributed by atoms with Gasteiger partial charge in [0, 0.05) is 19.6 Å². The summed E-state index contributed by atoms with van der Waals surface area (Å²) < 4.78 is 18.5. The van der Waals surface area contributed by atoms with Gasteiger partial charge in [0.1, 0.15) is 0 Å². The van der Waals surface area contributed by atoms with E-state index in [-0.39, 0.29) is 36.7 Å². The van der Waals surface area contributed by atoms with Crippen molar-refractivity contribution in [3.63, 3.8) is 0 Å². The SMILES string of the molecule is CN(C(=O)COc1ccccc1F)C1CCNC1.Cl. The van der Waals surface area contributed by atoms with E-state index in [0.29, 0.717) is 0 Å². The zero-order valence-electron chi connectivity index (χ0n) is 10.8. The number of para-hydroxylation sites is 1. The molecule has 2 rings (SSSR count). The normalized spacial score (nSPS) is 17.7. The second-order valence-corrected chi connectivity index (χ2v) is 4.37. The second-order valence-electron chi connectivity index (χ2n) is 4.37. The molecule has 1 aromatic rings. The van der Waals surface area contributed by atoms with E-state index in [2.05, 4.69) is 5.32 Å². The van der Waals surface area contributed by atoms with Gasteiger partial charge in [-0.25, -0.2) is 4.39 Å². The van der Waals surface area contributed by atoms with E-state index in [1.165, 1.54) is 12.1 Å². The first-order valence-electron chi connectivity index (χ1n) is 6.02. The first kappa shape index (κ1) is 15.7. The van der Waals surface area contributed by atoms with Crippen molar-refractivity contribution in [2.24, 2.45) is 0 Å². The lowest BCUT2D eigenvalue weighted by Crippen LogP contribution is -2.40. The first-order chi connectivity index (χ1) is 8.68. The monoisotopic (exact) mass is 288 g/mol. The molecular formula is C13H18ClFN2O2. The third-order valence-corrected chi connectivity index (χ3v) is 3.16. The molecule has 1 unspecified atom stereocenters. The Bertz CT molecular complexity index is 425. The molecule has 1 N–H and O–H groups in total. The van der Waals surface area contributed by atoms with Crippen LogP contribution in [0.5, 0.6) is 5.75 Å². The van der Waals surface area contributed by atoms with Gasteiger partial charge in [-0.2, -0.15) is 0 Å². The summed E-state index contributed by atoms with van der Waals surface area (Å²) in [4.78, 5) is 13.5. The lowest BCUT2D eigenvalue weighted by Gasteiger charge is -2.23. The number of benzene rings is 1. The number of rotatable bonds is 4. The fourth-order valence-electron chi connectivity index (χ4n) is 1.98. The molecule has 0 aromatic heterocycles. The summed E-state index contributed by atoms with van der Waals surface area (Å²) in [5, 5.41) is 3.20. The summed E-state index contributed by atoms with van der Waals surface area (Å²) in [6, 6.07) is 6.29. The third-order valence-electron chi connectivity index (χ3n) is 3.16. The minimum atomic E-state index is -0.449. The van der Waals surface area contributed by atoms with Crippen LogP contribution in [0.25, 0.3) is 0 Å². The van der Waals surface area contributed by atoms with Crippen LogP contribution in [0.2, 0.25) is 0 Å². The Hall–Kier alpha value is -1.33. The minimum absolute atomic E-state index is 0. The van der Waals surface area contributed by atoms with Crippen molar-refractivity contribution in [2.45, 2.75) is 12.5 Å². The van der Waals surface area contributed by atoms with E-state index < -0.39 is 5.82 Å². The Labute approximate surface area is 118 Å². The Kier molecular flexibility index (Phi) is 6.05. The molecule has 1 amide bonds. The molecule has 1 fully saturated rings. The van der Waals surface area contributed by atoms with E-state index in [4.69, 9.17) is 4.74 Å². The van der Waals surface area contributed by atoms with E-state index in [1.807, 2.05) is 0 Å². The zero-order valence-corrected chi connectivity index (χ0v) is 11.6. The smallest absolute Gasteiger partial charge is 0.260 e. The Morgan fingerprint density at radius 2 is 2.26 bits per heavy atom. The van der Waals surface area contributed by atoms with Gasteiger partial charge in [0.2, 0.25) is 0 Å². The maximum atomic E-state index is 13.3. The minimum Gasteiger partial charge on any atom is -0.481 e. The highest BCUT2D eigenvalue weighted by atomic mass is 35.5. The largest absolute Gasteiger partial charge is 0.481 e. The van der Waals surface area contributed by atoms with Gasteiger partial charge in [-0.15, -0.1) is 12.4 Å². The fraction of sp³-hybridized carbons (Fsp3) is 0.462. The number of carbonyl (C=O) groups is 1. The molecule has 4 nitrogen and oxygen atoms in total. The summed E-state index contributed by atoms with van der Waals surface area (Å²) in [5.74, 6) is -0.466. The summed E-state index contributed by atoms with van der Waals surface area (Å²) >= 11 is 0. The number of likely N-dealkylation sites (N-methyl/N-ethyl adjacent to an activating group) is 1. The topological polar surface area (TPSA) is 41.6 Å². The van der Waals surface area contributed by atoms with Gasteiger partial charge in [-0.1, -0.05) is 12.1 Å². The van der Waals surface area contributed by atoms with Gasteiger partial charge in [0.25, 0.3) is 5.91 Å². The van der Waals surface area contributed by atoms with Crippen molar-refractivity contribution < 1.29 is 13.9 Å². The highest BCUT2D eigenvalue weighted by Gasteiger charge is 2.23. The third kappa shape index (κ3) is 4.08. The summed E-state index contributed by atoms with van der Waals surface area (Å²) in [7, 11) is 1.75. The molecule has 0 spiro atoms. The second kappa shape index (κ2) is 7.31. The van der Waals surface area contributed by atoms with Crippen molar-refractivity contribution in [1.82, 2.24) is 10.2 Å². The average molecular weight is 289 g/mol. The standard InChI is InChI=1S/C13H17FN2O2.ClH/c1-16(10-6-7-15-8-10)13(17)9-18-12-5-3-2-4-11(12)14;/h2-5,10,15H,6-9H2,1H3;1H. The Morgan fingerprint density at radius 3 is 2.89 bits per heavy atom. The fourth-order valence-corrected chi connectivity index (χ4v) is 1.98. The molecule has 0 radical (unpaired) electrons. The highest BCUT2D eigenvalue weighted by molar-refractivity contribution is 5.85. The summed E-state index contributed by atoms with van der Waals surface area (Å²) in [6.45, 7) is 1.60. The molecule has 0 bridgehead atoms. The highest BCUT2D eigenvalue weighted by Crippen LogP contribution is 2.15. The van der Waals surface area contributed by atoms with E-state index >= 15 is 0 Å². The number of ether oxygens (including phenoxy) is 1. The van der Waals surface area contributed by atoms with E-state index in [1.54, 1.807) is 24.1 Å². The molecule has 106 valence electrons. The van der Waals surface area contributed by atoms with Crippen LogP contribution < -0.4 is 10.1 Å². The lowest BCUT2D eigenvalue weighted by atomic mass is 10.2. The van der Waals surface area contributed by atoms with Crippen molar-refractivity contribution in [1.29, 1.82) is 0 Å². The molecule has 1 saturated heterocycles. The van der Waals surface area contributed by atoms with E-state index in [9.17, 15) is 9.18 Å². The van der Waals surface area contributed by atoms with Crippen LogP contribution >= 0.6 is 12.4 Å². The zero-order chi connectivity index (χ0) is 13.0. The predicted molar refractivity (Wildman–Crippen MR) is 73.2 cm³/mol. The quantitative estimate of drug-likeness (QED) is 0.912. The number of halogens is 2. The summed E-state index contributed by atoms with van der Waals surface area (Å²) in [6.07, 6.45) is 0.946. The van der Waals surface area contributed by atoms with Gasteiger partial charge in [-0.05, 0) is 25.1 Å². The number of hydrogen-bond donors (Lipinski definition) is 1. The van der Waals surface area contributed by atoms with E-state index in [0.717, 1.165) is 19.5 Å². The Balaban J connectivity index is 0.00000180. The molecule has 1 aliphatic rings. The van der Waals surface area contributed by atoms with Crippen LogP contribution in [0.3, 0.4) is 0 Å². The molecule has 0 saturated carbocycles. The first-order valence-corrected chi connectivity index (χ1v) is 6.02. The van der Waals surface area contributed by atoms with Crippen LogP contribution in [-0.2, 0) is 4.79 Å². The van der Waals surface area contributed by atoms with Crippen LogP contribution in [-0.4, -0.2) is 43.6 Å². The van der Waals surface area contributed by atoms with Gasteiger partial charge in [0.15, 0.2) is 18.2 Å². The van der Waals surface area contributed by atoms with Crippen molar-refractivity contribution in [3.05, 3.63) is 30.1 Å². The Morgan fingerprint density at radius 1 is 1.53 bits per heavy atom. The maximum absolute atomic E-state index is 13.3.